The van der Waals surface area contributed by atoms with Gasteiger partial charge in [0.1, 0.15) is 0 Å². The summed E-state index contributed by atoms with van der Waals surface area (Å²) in [6.45, 7) is 3.98. The Balaban J connectivity index is 3.91. The molecule has 8 heavy (non-hydrogen) atoms. The lowest BCUT2D eigenvalue weighted by Gasteiger charge is -2.09. The van der Waals surface area contributed by atoms with Gasteiger partial charge in [0.25, 0.3) is 0 Å². The van der Waals surface area contributed by atoms with Crippen molar-refractivity contribution in [2.45, 2.75) is 19.3 Å². The average Bonchev–Trinajstić information content (AvgIpc) is 1.67. The Morgan fingerprint density at radius 1 is 1.75 bits per heavy atom. The van der Waals surface area contributed by atoms with E-state index in [4.69, 9.17) is 5.11 Å². The molecule has 0 saturated heterocycles. The lowest BCUT2D eigenvalue weighted by atomic mass is 10.2. The third-order valence-electron chi connectivity index (χ3n) is 0.866. The molecule has 0 aromatic carbocycles. The minimum Gasteiger partial charge on any atom is -0.507 e. The normalized spacial score (nSPS) is 11.4. The summed E-state index contributed by atoms with van der Waals surface area (Å²) in [5.74, 6) is -4.15. The van der Waals surface area contributed by atoms with Crippen molar-refractivity contribution in [1.82, 2.24) is 0 Å². The number of halogens is 2. The molecule has 0 unspecified atom stereocenters. The van der Waals surface area contributed by atoms with Crippen molar-refractivity contribution in [1.29, 1.82) is 0 Å². The van der Waals surface area contributed by atoms with Crippen molar-refractivity contribution in [3.05, 3.63) is 12.3 Å². The summed E-state index contributed by atoms with van der Waals surface area (Å²) >= 11 is 0. The molecule has 0 aliphatic heterocycles. The van der Waals surface area contributed by atoms with Crippen molar-refractivity contribution < 1.29 is 13.9 Å². The van der Waals surface area contributed by atoms with E-state index in [0.29, 0.717) is 0 Å². The molecule has 0 atom stereocenters. The first-order valence-corrected chi connectivity index (χ1v) is 2.27. The number of hydrogen-bond acceptors (Lipinski definition) is 1. The molecule has 3 heteroatoms. The Labute approximate surface area is 46.6 Å². The predicted molar refractivity (Wildman–Crippen MR) is 27.0 cm³/mol. The maximum absolute atomic E-state index is 11.9. The maximum atomic E-state index is 11.9. The molecule has 0 aliphatic rings. The van der Waals surface area contributed by atoms with Crippen LogP contribution in [0.2, 0.25) is 0 Å². The molecule has 0 rings (SSSR count). The third-order valence-corrected chi connectivity index (χ3v) is 0.866. The van der Waals surface area contributed by atoms with Gasteiger partial charge in [0.05, 0.1) is 0 Å². The van der Waals surface area contributed by atoms with Gasteiger partial charge in [-0.25, -0.2) is 0 Å². The van der Waals surface area contributed by atoms with Crippen LogP contribution < -0.4 is 0 Å². The molecule has 0 aromatic rings. The second-order valence-electron chi connectivity index (χ2n) is 1.50. The second kappa shape index (κ2) is 2.11. The molecule has 1 N–H and O–H groups in total. The number of allylic oxidation sites excluding steroid dienone is 1. The van der Waals surface area contributed by atoms with Gasteiger partial charge >= 0.3 is 5.92 Å². The largest absolute Gasteiger partial charge is 0.507 e. The van der Waals surface area contributed by atoms with E-state index in [9.17, 15) is 8.78 Å². The van der Waals surface area contributed by atoms with Gasteiger partial charge in [-0.05, 0) is 0 Å². The molecule has 0 spiro atoms. The smallest absolute Gasteiger partial charge is 0.302 e. The molecule has 0 fully saturated rings. The van der Waals surface area contributed by atoms with Gasteiger partial charge < -0.3 is 5.11 Å². The minimum atomic E-state index is -3.10. The molecule has 0 radical (unpaired) electrons. The summed E-state index contributed by atoms with van der Waals surface area (Å²) in [4.78, 5) is 0. The van der Waals surface area contributed by atoms with E-state index < -0.39 is 18.1 Å². The summed E-state index contributed by atoms with van der Waals surface area (Å²) < 4.78 is 23.9. The Kier molecular flexibility index (Phi) is 1.95. The molecule has 48 valence electrons. The molecular weight excluding hydrogens is 114 g/mol. The van der Waals surface area contributed by atoms with Crippen LogP contribution in [0.5, 0.6) is 0 Å². The SMILES string of the molecule is C=C(O)C(F)(F)CC. The lowest BCUT2D eigenvalue weighted by molar-refractivity contribution is -0.00277. The first-order valence-electron chi connectivity index (χ1n) is 2.27. The number of rotatable bonds is 2. The van der Waals surface area contributed by atoms with Crippen LogP contribution in [0.25, 0.3) is 0 Å². The van der Waals surface area contributed by atoms with Gasteiger partial charge in [-0.2, -0.15) is 8.78 Å². The molecule has 0 amide bonds. The molecule has 0 bridgehead atoms. The Morgan fingerprint density at radius 2 is 2.12 bits per heavy atom. The first kappa shape index (κ1) is 7.40. The lowest BCUT2D eigenvalue weighted by Crippen LogP contribution is -2.16. The molecular formula is C5H8F2O. The van der Waals surface area contributed by atoms with Crippen LogP contribution in [0.3, 0.4) is 0 Å². The van der Waals surface area contributed by atoms with Crippen molar-refractivity contribution in [2.75, 3.05) is 0 Å². The highest BCUT2D eigenvalue weighted by Crippen LogP contribution is 2.23. The van der Waals surface area contributed by atoms with Gasteiger partial charge in [-0.15, -0.1) is 0 Å². The zero-order valence-corrected chi connectivity index (χ0v) is 4.62. The summed E-state index contributed by atoms with van der Waals surface area (Å²) in [7, 11) is 0. The van der Waals surface area contributed by atoms with Crippen LogP contribution in [-0.2, 0) is 0 Å². The van der Waals surface area contributed by atoms with Crippen molar-refractivity contribution in [2.24, 2.45) is 0 Å². The molecule has 0 heterocycles. The van der Waals surface area contributed by atoms with E-state index in [-0.39, 0.29) is 0 Å². The van der Waals surface area contributed by atoms with E-state index >= 15 is 0 Å². The summed E-state index contributed by atoms with van der Waals surface area (Å²) in [5, 5.41) is 8.14. The fourth-order valence-corrected chi connectivity index (χ4v) is 0.204. The second-order valence-corrected chi connectivity index (χ2v) is 1.50. The Hall–Kier alpha value is -0.600. The van der Waals surface area contributed by atoms with Gasteiger partial charge in [-0.1, -0.05) is 13.5 Å². The average molecular weight is 122 g/mol. The van der Waals surface area contributed by atoms with Crippen LogP contribution in [0.4, 0.5) is 8.78 Å². The highest BCUT2D eigenvalue weighted by Gasteiger charge is 2.29. The van der Waals surface area contributed by atoms with Crippen LogP contribution in [0.15, 0.2) is 12.3 Å². The molecule has 1 nitrogen and oxygen atoms in total. The van der Waals surface area contributed by atoms with Gasteiger partial charge in [-0.3, -0.25) is 0 Å². The van der Waals surface area contributed by atoms with Gasteiger partial charge in [0.2, 0.25) is 0 Å². The molecule has 0 aromatic heterocycles. The van der Waals surface area contributed by atoms with E-state index in [0.717, 1.165) is 0 Å². The highest BCUT2D eigenvalue weighted by molar-refractivity contribution is 4.94. The topological polar surface area (TPSA) is 20.2 Å². The monoisotopic (exact) mass is 122 g/mol. The maximum Gasteiger partial charge on any atom is 0.302 e. The Morgan fingerprint density at radius 3 is 2.12 bits per heavy atom. The number of alkyl halides is 2. The van der Waals surface area contributed by atoms with E-state index in [1.807, 2.05) is 0 Å². The van der Waals surface area contributed by atoms with Crippen LogP contribution >= 0.6 is 0 Å². The number of aliphatic hydroxyl groups excluding tert-OH is 1. The predicted octanol–water partition coefficient (Wildman–Crippen LogP) is 2.10. The standard InChI is InChI=1S/C5H8F2O/c1-3-5(6,7)4(2)8/h8H,2-3H2,1H3. The minimum absolute atomic E-state index is 0.400. The molecule has 0 saturated carbocycles. The third kappa shape index (κ3) is 1.48. The summed E-state index contributed by atoms with van der Waals surface area (Å²) in [6.07, 6.45) is -0.400. The fourth-order valence-electron chi connectivity index (χ4n) is 0.204. The van der Waals surface area contributed by atoms with Gasteiger partial charge in [0.15, 0.2) is 5.76 Å². The van der Waals surface area contributed by atoms with Crippen LogP contribution in [-0.4, -0.2) is 11.0 Å². The van der Waals surface area contributed by atoms with E-state index in [1.54, 1.807) is 0 Å². The van der Waals surface area contributed by atoms with E-state index in [2.05, 4.69) is 6.58 Å². The highest BCUT2D eigenvalue weighted by atomic mass is 19.3. The summed E-state index contributed by atoms with van der Waals surface area (Å²) in [6, 6.07) is 0. The van der Waals surface area contributed by atoms with Crippen LogP contribution in [0.1, 0.15) is 13.3 Å². The fraction of sp³-hybridized carbons (Fsp3) is 0.600. The van der Waals surface area contributed by atoms with Crippen molar-refractivity contribution in [3.63, 3.8) is 0 Å². The van der Waals surface area contributed by atoms with Crippen LogP contribution in [0, 0.1) is 0 Å². The van der Waals surface area contributed by atoms with Crippen molar-refractivity contribution in [3.8, 4) is 0 Å². The quantitative estimate of drug-likeness (QED) is 0.556. The number of aliphatic hydroxyl groups is 1. The van der Waals surface area contributed by atoms with Crippen molar-refractivity contribution >= 4 is 0 Å². The summed E-state index contributed by atoms with van der Waals surface area (Å²) in [5.41, 5.74) is 0. The van der Waals surface area contributed by atoms with E-state index in [1.165, 1.54) is 6.92 Å². The molecule has 0 aliphatic carbocycles. The first-order chi connectivity index (χ1) is 3.50. The number of hydrogen-bond donors (Lipinski definition) is 1. The Bertz CT molecular complexity index is 98.6. The van der Waals surface area contributed by atoms with Gasteiger partial charge in [0, 0.05) is 6.42 Å². The zero-order valence-electron chi connectivity index (χ0n) is 4.62. The zero-order chi connectivity index (χ0) is 6.78.